The predicted octanol–water partition coefficient (Wildman–Crippen LogP) is 7.37. The molecule has 0 aliphatic carbocycles. The van der Waals surface area contributed by atoms with Crippen molar-refractivity contribution in [2.75, 3.05) is 25.1 Å². The van der Waals surface area contributed by atoms with Crippen molar-refractivity contribution in [3.8, 4) is 22.8 Å². The number of carbonyl (C=O) groups excluding carboxylic acids is 1. The molecule has 1 aliphatic rings. The molecule has 1 amide bonds. The van der Waals surface area contributed by atoms with E-state index in [0.29, 0.717) is 12.3 Å². The smallest absolute Gasteiger partial charge is 0.262 e. The van der Waals surface area contributed by atoms with Crippen LogP contribution in [0, 0.1) is 6.92 Å². The quantitative estimate of drug-likeness (QED) is 0.216. The lowest BCUT2D eigenvalue weighted by Gasteiger charge is -2.24. The maximum atomic E-state index is 13.9. The van der Waals surface area contributed by atoms with E-state index < -0.39 is 0 Å². The molecule has 0 bridgehead atoms. The van der Waals surface area contributed by atoms with E-state index in [1.807, 2.05) is 42.5 Å². The zero-order chi connectivity index (χ0) is 29.1. The first-order chi connectivity index (χ1) is 20.5. The second-order valence-corrected chi connectivity index (χ2v) is 11.0. The van der Waals surface area contributed by atoms with Gasteiger partial charge in [-0.05, 0) is 85.9 Å². The van der Waals surface area contributed by atoms with Crippen LogP contribution < -0.4 is 9.64 Å². The summed E-state index contributed by atoms with van der Waals surface area (Å²) >= 11 is 0. The highest BCUT2D eigenvalue weighted by Crippen LogP contribution is 2.31. The van der Waals surface area contributed by atoms with Crippen molar-refractivity contribution in [1.82, 2.24) is 9.88 Å². The zero-order valence-electron chi connectivity index (χ0n) is 24.1. The molecule has 0 radical (unpaired) electrons. The average molecular weight is 558 g/mol. The van der Waals surface area contributed by atoms with Crippen LogP contribution in [0.25, 0.3) is 22.2 Å². The summed E-state index contributed by atoms with van der Waals surface area (Å²) in [7, 11) is 1.53. The molecule has 6 heteroatoms. The van der Waals surface area contributed by atoms with Crippen LogP contribution in [0.4, 0.5) is 5.69 Å². The molecule has 0 saturated carbocycles. The van der Waals surface area contributed by atoms with E-state index in [1.54, 1.807) is 17.0 Å². The average Bonchev–Trinajstić information content (AvgIpc) is 3.53. The van der Waals surface area contributed by atoms with Crippen LogP contribution in [0.5, 0.6) is 11.5 Å². The van der Waals surface area contributed by atoms with Gasteiger partial charge < -0.3 is 14.7 Å². The van der Waals surface area contributed by atoms with Crippen LogP contribution in [-0.4, -0.2) is 41.1 Å². The van der Waals surface area contributed by atoms with Crippen LogP contribution >= 0.6 is 0 Å². The van der Waals surface area contributed by atoms with Crippen molar-refractivity contribution in [2.24, 2.45) is 0 Å². The lowest BCUT2D eigenvalue weighted by Crippen LogP contribution is -2.30. The lowest BCUT2D eigenvalue weighted by molar-refractivity contribution is 0.0982. The number of rotatable bonds is 8. The molecule has 0 spiro atoms. The maximum Gasteiger partial charge on any atom is 0.262 e. The van der Waals surface area contributed by atoms with Crippen molar-refractivity contribution in [3.05, 3.63) is 119 Å². The summed E-state index contributed by atoms with van der Waals surface area (Å²) in [6, 6.07) is 31.4. The molecule has 2 heterocycles. The first kappa shape index (κ1) is 27.5. The SMILES string of the molecule is COc1ccc(C(=O)N(Cc2ccc(CN3CCCC3)cc2)c2ccc(-c3nc4ccccc4cc3C)cc2)c(O)c1. The van der Waals surface area contributed by atoms with Gasteiger partial charge in [-0.15, -0.1) is 0 Å². The van der Waals surface area contributed by atoms with Gasteiger partial charge in [0.2, 0.25) is 0 Å². The number of amides is 1. The monoisotopic (exact) mass is 557 g/mol. The van der Waals surface area contributed by atoms with E-state index >= 15 is 0 Å². The van der Waals surface area contributed by atoms with Crippen molar-refractivity contribution in [2.45, 2.75) is 32.9 Å². The molecule has 0 atom stereocenters. The molecule has 6 nitrogen and oxygen atoms in total. The van der Waals surface area contributed by atoms with Gasteiger partial charge in [0.1, 0.15) is 11.5 Å². The van der Waals surface area contributed by atoms with E-state index in [2.05, 4.69) is 48.2 Å². The standard InChI is InChI=1S/C36H35N3O3/c1-25-21-29-7-3-4-8-33(29)37-35(25)28-13-15-30(16-14-28)39(36(41)32-18-17-31(42-2)22-34(32)40)24-27-11-9-26(10-12-27)23-38-19-5-6-20-38/h3-4,7-18,21-22,40H,5-6,19-20,23-24H2,1-2H3. The van der Waals surface area contributed by atoms with Gasteiger partial charge in [0.05, 0.1) is 30.4 Å². The van der Waals surface area contributed by atoms with Gasteiger partial charge in [-0.2, -0.15) is 0 Å². The third-order valence-corrected chi connectivity index (χ3v) is 8.02. The number of anilines is 1. The molecule has 4 aromatic carbocycles. The molecule has 5 aromatic rings. The fourth-order valence-electron chi connectivity index (χ4n) is 5.69. The summed E-state index contributed by atoms with van der Waals surface area (Å²) in [6.45, 7) is 5.69. The number of ether oxygens (including phenoxy) is 1. The number of hydrogen-bond donors (Lipinski definition) is 1. The van der Waals surface area contributed by atoms with Gasteiger partial charge in [-0.25, -0.2) is 4.98 Å². The van der Waals surface area contributed by atoms with E-state index in [-0.39, 0.29) is 17.2 Å². The molecule has 212 valence electrons. The highest BCUT2D eigenvalue weighted by molar-refractivity contribution is 6.08. The summed E-state index contributed by atoms with van der Waals surface area (Å²) < 4.78 is 5.23. The van der Waals surface area contributed by atoms with E-state index in [1.165, 1.54) is 31.6 Å². The van der Waals surface area contributed by atoms with Crippen molar-refractivity contribution in [1.29, 1.82) is 0 Å². The highest BCUT2D eigenvalue weighted by atomic mass is 16.5. The van der Waals surface area contributed by atoms with Crippen LogP contribution in [-0.2, 0) is 13.1 Å². The second kappa shape index (κ2) is 12.0. The summed E-state index contributed by atoms with van der Waals surface area (Å²) in [4.78, 5) is 23.0. The van der Waals surface area contributed by atoms with E-state index in [0.717, 1.165) is 58.6 Å². The Morgan fingerprint density at radius 2 is 1.62 bits per heavy atom. The largest absolute Gasteiger partial charge is 0.507 e. The van der Waals surface area contributed by atoms with Crippen LogP contribution in [0.3, 0.4) is 0 Å². The molecule has 1 saturated heterocycles. The third-order valence-electron chi connectivity index (χ3n) is 8.02. The van der Waals surface area contributed by atoms with Gasteiger partial charge in [0.25, 0.3) is 5.91 Å². The highest BCUT2D eigenvalue weighted by Gasteiger charge is 2.22. The topological polar surface area (TPSA) is 65.9 Å². The van der Waals surface area contributed by atoms with Gasteiger partial charge >= 0.3 is 0 Å². The van der Waals surface area contributed by atoms with E-state index in [9.17, 15) is 9.90 Å². The molecular formula is C36H35N3O3. The summed E-state index contributed by atoms with van der Waals surface area (Å²) in [6.07, 6.45) is 2.53. The lowest BCUT2D eigenvalue weighted by atomic mass is 10.0. The summed E-state index contributed by atoms with van der Waals surface area (Å²) in [5.74, 6) is 0.0915. The number of aromatic nitrogens is 1. The Kier molecular flexibility index (Phi) is 7.89. The van der Waals surface area contributed by atoms with Crippen LogP contribution in [0.2, 0.25) is 0 Å². The second-order valence-electron chi connectivity index (χ2n) is 11.0. The number of likely N-dealkylation sites (tertiary alicyclic amines) is 1. The minimum atomic E-state index is -0.288. The van der Waals surface area contributed by atoms with Crippen molar-refractivity contribution < 1.29 is 14.6 Å². The molecular weight excluding hydrogens is 522 g/mol. The number of aryl methyl sites for hydroxylation is 1. The van der Waals surface area contributed by atoms with Gasteiger partial charge in [-0.1, -0.05) is 54.6 Å². The van der Waals surface area contributed by atoms with Gasteiger partial charge in [0, 0.05) is 29.2 Å². The van der Waals surface area contributed by atoms with E-state index in [4.69, 9.17) is 9.72 Å². The summed E-state index contributed by atoms with van der Waals surface area (Å²) in [5, 5.41) is 11.8. The Bertz CT molecular complexity index is 1710. The maximum absolute atomic E-state index is 13.9. The number of phenolic OH excluding ortho intramolecular Hbond substituents is 1. The zero-order valence-corrected chi connectivity index (χ0v) is 24.1. The normalized spacial score (nSPS) is 13.4. The number of fused-ring (bicyclic) bond motifs is 1. The molecule has 1 N–H and O–H groups in total. The Morgan fingerprint density at radius 1 is 0.905 bits per heavy atom. The number of carbonyl (C=O) groups is 1. The number of methoxy groups -OCH3 is 1. The molecule has 1 aromatic heterocycles. The molecule has 0 unspecified atom stereocenters. The van der Waals surface area contributed by atoms with Crippen LogP contribution in [0.1, 0.15) is 39.9 Å². The molecule has 6 rings (SSSR count). The molecule has 42 heavy (non-hydrogen) atoms. The Balaban J connectivity index is 1.31. The number of aromatic hydroxyl groups is 1. The first-order valence-electron chi connectivity index (χ1n) is 14.4. The molecule has 1 fully saturated rings. The third kappa shape index (κ3) is 5.85. The fraction of sp³-hybridized carbons (Fsp3) is 0.222. The van der Waals surface area contributed by atoms with Gasteiger partial charge in [0.15, 0.2) is 0 Å². The van der Waals surface area contributed by atoms with Gasteiger partial charge in [-0.3, -0.25) is 9.69 Å². The number of benzene rings is 4. The summed E-state index contributed by atoms with van der Waals surface area (Å²) in [5.41, 5.74) is 7.17. The molecule has 1 aliphatic heterocycles. The predicted molar refractivity (Wildman–Crippen MR) is 168 cm³/mol. The Hall–Kier alpha value is -4.68. The van der Waals surface area contributed by atoms with Crippen LogP contribution in [0.15, 0.2) is 97.1 Å². The number of pyridine rings is 1. The first-order valence-corrected chi connectivity index (χ1v) is 14.4. The number of para-hydroxylation sites is 1. The fourth-order valence-corrected chi connectivity index (χ4v) is 5.69. The minimum absolute atomic E-state index is 0.113. The minimum Gasteiger partial charge on any atom is -0.507 e. The van der Waals surface area contributed by atoms with Crippen molar-refractivity contribution in [3.63, 3.8) is 0 Å². The number of phenols is 1. The van der Waals surface area contributed by atoms with Crippen molar-refractivity contribution >= 4 is 22.5 Å². The Morgan fingerprint density at radius 3 is 2.33 bits per heavy atom. The number of hydrogen-bond acceptors (Lipinski definition) is 5. The Labute approximate surface area is 246 Å². The number of nitrogens with zero attached hydrogens (tertiary/aromatic N) is 3.